The van der Waals surface area contributed by atoms with E-state index >= 15 is 0 Å². The molecular weight excluding hydrogens is 430 g/mol. The number of aryl methyl sites for hydroxylation is 1. The minimum atomic E-state index is -0.378. The molecule has 0 aliphatic carbocycles. The van der Waals surface area contributed by atoms with Gasteiger partial charge in [0.15, 0.2) is 5.11 Å². The number of phenols is 1. The molecule has 4 rings (SSSR count). The number of rotatable bonds is 4. The first-order valence-electron chi connectivity index (χ1n) is 9.41. The predicted molar refractivity (Wildman–Crippen MR) is 128 cm³/mol. The number of phenolic OH excluding ortho intramolecular Hbond substituents is 1. The largest absolute Gasteiger partial charge is 0.507 e. The normalized spacial score (nSPS) is 10.6. The molecule has 6 nitrogen and oxygen atoms in total. The molecule has 0 spiro atoms. The molecule has 31 heavy (non-hydrogen) atoms. The number of benzene rings is 3. The Bertz CT molecular complexity index is 1270. The number of carbonyl (C=O) groups excluding carboxylic acids is 1. The van der Waals surface area contributed by atoms with Crippen LogP contribution in [0.25, 0.3) is 20.8 Å². The fourth-order valence-electron chi connectivity index (χ4n) is 3.17. The highest BCUT2D eigenvalue weighted by atomic mass is 32.1. The topological polar surface area (TPSA) is 83.5 Å². The van der Waals surface area contributed by atoms with E-state index < -0.39 is 0 Å². The molecule has 0 aliphatic rings. The van der Waals surface area contributed by atoms with E-state index in [4.69, 9.17) is 17.0 Å². The molecule has 3 N–H and O–H groups in total. The van der Waals surface area contributed by atoms with Crippen molar-refractivity contribution in [3.63, 3.8) is 0 Å². The Morgan fingerprint density at radius 3 is 2.65 bits per heavy atom. The molecule has 0 unspecified atom stereocenters. The molecular formula is C23H19N3O3S2. The monoisotopic (exact) mass is 449 g/mol. The zero-order valence-electron chi connectivity index (χ0n) is 16.8. The molecule has 0 radical (unpaired) electrons. The number of para-hydroxylation sites is 2. The zero-order chi connectivity index (χ0) is 22.0. The number of aromatic hydroxyl groups is 1. The summed E-state index contributed by atoms with van der Waals surface area (Å²) < 4.78 is 6.26. The van der Waals surface area contributed by atoms with Crippen molar-refractivity contribution in [1.29, 1.82) is 0 Å². The van der Waals surface area contributed by atoms with Crippen molar-refractivity contribution in [1.82, 2.24) is 10.3 Å². The lowest BCUT2D eigenvalue weighted by Crippen LogP contribution is -2.34. The number of hydrogen-bond acceptors (Lipinski definition) is 6. The summed E-state index contributed by atoms with van der Waals surface area (Å²) >= 11 is 6.82. The molecule has 4 aromatic rings. The molecule has 0 atom stereocenters. The van der Waals surface area contributed by atoms with Crippen molar-refractivity contribution in [2.45, 2.75) is 6.92 Å². The standard InChI is InChI=1S/C23H19N3O3S2/c1-13-11-14(24-23(30)26-21(28)15-7-3-5-9-18(15)29-2)12-16(20(13)27)22-25-17-8-4-6-10-19(17)31-22/h3-12,27H,1-2H3,(H2,24,26,28,30). The number of thiazole rings is 1. The first-order valence-corrected chi connectivity index (χ1v) is 10.6. The predicted octanol–water partition coefficient (Wildman–Crippen LogP) is 5.11. The highest BCUT2D eigenvalue weighted by Crippen LogP contribution is 2.38. The molecule has 1 heterocycles. The van der Waals surface area contributed by atoms with Gasteiger partial charge in [-0.15, -0.1) is 11.3 Å². The summed E-state index contributed by atoms with van der Waals surface area (Å²) in [4.78, 5) is 17.2. The summed E-state index contributed by atoms with van der Waals surface area (Å²) in [7, 11) is 1.51. The lowest BCUT2D eigenvalue weighted by Gasteiger charge is -2.14. The number of fused-ring (bicyclic) bond motifs is 1. The molecule has 156 valence electrons. The van der Waals surface area contributed by atoms with Gasteiger partial charge in [-0.2, -0.15) is 0 Å². The van der Waals surface area contributed by atoms with E-state index in [0.717, 1.165) is 10.2 Å². The number of anilines is 1. The molecule has 0 saturated carbocycles. The number of nitrogens with one attached hydrogen (secondary N) is 2. The van der Waals surface area contributed by atoms with Gasteiger partial charge in [-0.25, -0.2) is 4.98 Å². The molecule has 0 bridgehead atoms. The second kappa shape index (κ2) is 8.71. The van der Waals surface area contributed by atoms with E-state index in [0.29, 0.717) is 33.1 Å². The van der Waals surface area contributed by atoms with Gasteiger partial charge in [-0.1, -0.05) is 24.3 Å². The Labute approximate surface area is 188 Å². The van der Waals surface area contributed by atoms with Gasteiger partial charge in [0, 0.05) is 5.69 Å². The SMILES string of the molecule is COc1ccccc1C(=O)NC(=S)Nc1cc(C)c(O)c(-c2nc3ccccc3s2)c1. The second-order valence-electron chi connectivity index (χ2n) is 6.78. The number of nitrogens with zero attached hydrogens (tertiary/aromatic N) is 1. The number of aromatic nitrogens is 1. The third-order valence-corrected chi connectivity index (χ3v) is 5.94. The Balaban J connectivity index is 1.57. The molecule has 0 saturated heterocycles. The van der Waals surface area contributed by atoms with Gasteiger partial charge in [-0.05, 0) is 61.1 Å². The molecule has 1 aromatic heterocycles. The van der Waals surface area contributed by atoms with Crippen LogP contribution in [0.1, 0.15) is 15.9 Å². The average Bonchev–Trinajstić information content (AvgIpc) is 3.20. The quantitative estimate of drug-likeness (QED) is 0.297. The maximum atomic E-state index is 12.6. The van der Waals surface area contributed by atoms with Crippen LogP contribution in [-0.2, 0) is 0 Å². The first-order chi connectivity index (χ1) is 15.0. The third-order valence-electron chi connectivity index (χ3n) is 4.66. The average molecular weight is 450 g/mol. The Morgan fingerprint density at radius 1 is 1.13 bits per heavy atom. The molecule has 3 aromatic carbocycles. The van der Waals surface area contributed by atoms with Crippen LogP contribution in [0.15, 0.2) is 60.7 Å². The Kier molecular flexibility index (Phi) is 5.83. The number of thiocarbonyl (C=S) groups is 1. The highest BCUT2D eigenvalue weighted by Gasteiger charge is 2.16. The van der Waals surface area contributed by atoms with E-state index in [1.54, 1.807) is 43.3 Å². The summed E-state index contributed by atoms with van der Waals surface area (Å²) in [6.07, 6.45) is 0. The van der Waals surface area contributed by atoms with Gasteiger partial charge in [-0.3, -0.25) is 10.1 Å². The van der Waals surface area contributed by atoms with Crippen LogP contribution in [-0.4, -0.2) is 28.2 Å². The van der Waals surface area contributed by atoms with Crippen LogP contribution < -0.4 is 15.4 Å². The highest BCUT2D eigenvalue weighted by molar-refractivity contribution is 7.80. The Hall–Kier alpha value is -3.49. The fraction of sp³-hybridized carbons (Fsp3) is 0.0870. The smallest absolute Gasteiger partial charge is 0.261 e. The maximum Gasteiger partial charge on any atom is 0.261 e. The number of amides is 1. The van der Waals surface area contributed by atoms with E-state index in [9.17, 15) is 9.90 Å². The number of methoxy groups -OCH3 is 1. The van der Waals surface area contributed by atoms with E-state index in [1.165, 1.54) is 18.4 Å². The summed E-state index contributed by atoms with van der Waals surface area (Å²) in [6, 6.07) is 18.2. The summed E-state index contributed by atoms with van der Waals surface area (Å²) in [6.45, 7) is 1.80. The number of carbonyl (C=O) groups is 1. The minimum Gasteiger partial charge on any atom is -0.507 e. The fourth-order valence-corrected chi connectivity index (χ4v) is 4.36. The number of hydrogen-bond donors (Lipinski definition) is 3. The zero-order valence-corrected chi connectivity index (χ0v) is 18.4. The molecule has 8 heteroatoms. The summed E-state index contributed by atoms with van der Waals surface area (Å²) in [5.74, 6) is 0.242. The third kappa shape index (κ3) is 4.35. The summed E-state index contributed by atoms with van der Waals surface area (Å²) in [5, 5.41) is 17.1. The van der Waals surface area contributed by atoms with Gasteiger partial charge >= 0.3 is 0 Å². The van der Waals surface area contributed by atoms with Crippen LogP contribution in [0.2, 0.25) is 0 Å². The van der Waals surface area contributed by atoms with Crippen molar-refractivity contribution >= 4 is 50.5 Å². The van der Waals surface area contributed by atoms with Gasteiger partial charge in [0.25, 0.3) is 5.91 Å². The van der Waals surface area contributed by atoms with Crippen molar-refractivity contribution in [2.75, 3.05) is 12.4 Å². The lowest BCUT2D eigenvalue weighted by molar-refractivity contribution is 0.0975. The minimum absolute atomic E-state index is 0.135. The van der Waals surface area contributed by atoms with Crippen LogP contribution in [0.5, 0.6) is 11.5 Å². The van der Waals surface area contributed by atoms with Crippen LogP contribution >= 0.6 is 23.6 Å². The first kappa shape index (κ1) is 20.8. The van der Waals surface area contributed by atoms with Gasteiger partial charge in [0.2, 0.25) is 0 Å². The van der Waals surface area contributed by atoms with E-state index in [2.05, 4.69) is 15.6 Å². The van der Waals surface area contributed by atoms with Crippen LogP contribution in [0.3, 0.4) is 0 Å². The molecule has 0 fully saturated rings. The van der Waals surface area contributed by atoms with Crippen LogP contribution in [0, 0.1) is 6.92 Å². The lowest BCUT2D eigenvalue weighted by atomic mass is 10.1. The van der Waals surface area contributed by atoms with Gasteiger partial charge in [0.05, 0.1) is 28.5 Å². The van der Waals surface area contributed by atoms with Gasteiger partial charge in [0.1, 0.15) is 16.5 Å². The molecule has 0 aliphatic heterocycles. The Morgan fingerprint density at radius 2 is 1.87 bits per heavy atom. The number of ether oxygens (including phenoxy) is 1. The van der Waals surface area contributed by atoms with Crippen LogP contribution in [0.4, 0.5) is 5.69 Å². The van der Waals surface area contributed by atoms with Crippen molar-refractivity contribution in [3.05, 3.63) is 71.8 Å². The molecule has 1 amide bonds. The second-order valence-corrected chi connectivity index (χ2v) is 8.22. The van der Waals surface area contributed by atoms with Gasteiger partial charge < -0.3 is 15.2 Å². The van der Waals surface area contributed by atoms with E-state index in [1.807, 2.05) is 24.3 Å². The summed E-state index contributed by atoms with van der Waals surface area (Å²) in [5.41, 5.74) is 3.15. The van der Waals surface area contributed by atoms with Crippen molar-refractivity contribution in [3.8, 4) is 22.1 Å². The maximum absolute atomic E-state index is 12.6. The van der Waals surface area contributed by atoms with E-state index in [-0.39, 0.29) is 16.8 Å². The van der Waals surface area contributed by atoms with Crippen molar-refractivity contribution in [2.24, 2.45) is 0 Å². The van der Waals surface area contributed by atoms with Crippen molar-refractivity contribution < 1.29 is 14.6 Å².